The maximum Gasteiger partial charge on any atom is 0.254 e. The summed E-state index contributed by atoms with van der Waals surface area (Å²) in [5, 5.41) is 25.5. The van der Waals surface area contributed by atoms with Gasteiger partial charge in [-0.2, -0.15) is 45.4 Å². The van der Waals surface area contributed by atoms with Gasteiger partial charge in [0, 0.05) is 66.2 Å². The van der Waals surface area contributed by atoms with Crippen molar-refractivity contribution in [1.82, 2.24) is 69.3 Å². The molecule has 0 aliphatic rings. The van der Waals surface area contributed by atoms with Crippen LogP contribution in [0.1, 0.15) is 0 Å². The Morgan fingerprint density at radius 3 is 1.59 bits per heavy atom. The average molecular weight is 603 g/mol. The summed E-state index contributed by atoms with van der Waals surface area (Å²) in [7, 11) is 0. The Balaban J connectivity index is 0.000000142. The Morgan fingerprint density at radius 2 is 1.14 bits per heavy atom. The van der Waals surface area contributed by atoms with Gasteiger partial charge in [-0.05, 0) is 35.7 Å². The molecule has 0 aliphatic carbocycles. The molecule has 0 amide bonds. The highest BCUT2D eigenvalue weighted by Gasteiger charge is 2.19. The summed E-state index contributed by atoms with van der Waals surface area (Å²) in [4.78, 5) is 18.8. The number of nitrogens with two attached hydrogens (primary N) is 2. The fourth-order valence-corrected chi connectivity index (χ4v) is 5.10. The third kappa shape index (κ3) is 5.05. The number of aromatic nitrogens is 14. The van der Waals surface area contributed by atoms with E-state index in [4.69, 9.17) is 11.5 Å². The molecule has 8 aromatic rings. The normalized spacial score (nSPS) is 10.9. The molecule has 8 heterocycles. The average Bonchev–Trinajstić information content (AvgIpc) is 3.87. The van der Waals surface area contributed by atoms with Gasteiger partial charge in [-0.3, -0.25) is 5.10 Å². The van der Waals surface area contributed by atoms with Crippen molar-refractivity contribution in [1.29, 1.82) is 0 Å². The van der Waals surface area contributed by atoms with E-state index in [0.29, 0.717) is 40.7 Å². The van der Waals surface area contributed by atoms with E-state index in [-0.39, 0.29) is 0 Å². The van der Waals surface area contributed by atoms with Gasteiger partial charge >= 0.3 is 0 Å². The van der Waals surface area contributed by atoms with Gasteiger partial charge in [0.25, 0.3) is 11.9 Å². The number of thiophene rings is 1. The van der Waals surface area contributed by atoms with E-state index in [1.807, 2.05) is 35.8 Å². The molecule has 0 bridgehead atoms. The number of nitrogens with zero attached hydrogens (tertiary/aromatic N) is 13. The Morgan fingerprint density at radius 1 is 0.614 bits per heavy atom. The molecule has 0 spiro atoms. The van der Waals surface area contributed by atoms with E-state index in [1.54, 1.807) is 98.0 Å². The number of H-pyrrole nitrogens is 1. The summed E-state index contributed by atoms with van der Waals surface area (Å²) in [6.07, 6.45) is 17.2. The molecule has 0 aromatic carbocycles. The van der Waals surface area contributed by atoms with Gasteiger partial charge < -0.3 is 11.5 Å². The Bertz CT molecular complexity index is 1910. The molecule has 0 saturated heterocycles. The first-order valence-electron chi connectivity index (χ1n) is 13.0. The van der Waals surface area contributed by atoms with Crippen molar-refractivity contribution in [2.45, 2.75) is 0 Å². The molecule has 8 rings (SSSR count). The predicted molar refractivity (Wildman–Crippen MR) is 162 cm³/mol. The Kier molecular flexibility index (Phi) is 6.85. The van der Waals surface area contributed by atoms with Crippen molar-refractivity contribution in [3.8, 4) is 45.1 Å². The van der Waals surface area contributed by atoms with Crippen molar-refractivity contribution in [2.24, 2.45) is 0 Å². The van der Waals surface area contributed by atoms with Crippen LogP contribution in [0.15, 0.2) is 104 Å². The van der Waals surface area contributed by atoms with Crippen molar-refractivity contribution in [3.05, 3.63) is 104 Å². The first-order chi connectivity index (χ1) is 21.7. The second-order valence-corrected chi connectivity index (χ2v) is 9.93. The van der Waals surface area contributed by atoms with Gasteiger partial charge in [0.1, 0.15) is 11.6 Å². The molecule has 0 unspecified atom stereocenters. The van der Waals surface area contributed by atoms with Crippen LogP contribution in [0.5, 0.6) is 0 Å². The summed E-state index contributed by atoms with van der Waals surface area (Å²) in [6.45, 7) is 0. The lowest BCUT2D eigenvalue weighted by Crippen LogP contribution is -2.11. The summed E-state index contributed by atoms with van der Waals surface area (Å²) in [5.41, 5.74) is 14.6. The van der Waals surface area contributed by atoms with Crippen LogP contribution in [0.4, 0.5) is 11.6 Å². The highest BCUT2D eigenvalue weighted by atomic mass is 32.1. The van der Waals surface area contributed by atoms with E-state index < -0.39 is 0 Å². The minimum absolute atomic E-state index is 0.326. The van der Waals surface area contributed by atoms with Gasteiger partial charge in [-0.25, -0.2) is 18.7 Å². The van der Waals surface area contributed by atoms with E-state index in [0.717, 1.165) is 16.0 Å². The van der Waals surface area contributed by atoms with Crippen molar-refractivity contribution in [2.75, 3.05) is 11.5 Å². The molecule has 0 aliphatic heterocycles. The second-order valence-electron chi connectivity index (χ2n) is 8.98. The molecule has 16 nitrogen and oxygen atoms in total. The zero-order valence-electron chi connectivity index (χ0n) is 22.7. The molecule has 0 radical (unpaired) electrons. The summed E-state index contributed by atoms with van der Waals surface area (Å²) < 4.78 is 6.43. The number of aromatic amines is 1. The molecule has 216 valence electrons. The van der Waals surface area contributed by atoms with Gasteiger partial charge in [0.05, 0.1) is 17.3 Å². The SMILES string of the molecule is Nc1nc(-n2cccn2)nc(-n2cccn2)c1-c1cccs1.Nc1nc(-n2cccn2)nc(-n2cccn2)c1-c1cn[nH]c1. The van der Waals surface area contributed by atoms with Crippen molar-refractivity contribution in [3.63, 3.8) is 0 Å². The number of hydrogen-bond acceptors (Lipinski definition) is 12. The fraction of sp³-hybridized carbons (Fsp3) is 0. The van der Waals surface area contributed by atoms with E-state index in [2.05, 4.69) is 50.5 Å². The molecule has 0 fully saturated rings. The molecular formula is C27H22N16S. The van der Waals surface area contributed by atoms with Crippen molar-refractivity contribution >= 4 is 23.0 Å². The van der Waals surface area contributed by atoms with Crippen molar-refractivity contribution < 1.29 is 0 Å². The summed E-state index contributed by atoms with van der Waals surface area (Å²) in [6, 6.07) is 11.2. The zero-order valence-corrected chi connectivity index (χ0v) is 23.5. The number of anilines is 2. The quantitative estimate of drug-likeness (QED) is 0.252. The second kappa shape index (κ2) is 11.4. The number of nitrogen functional groups attached to an aromatic ring is 2. The molecule has 0 atom stereocenters. The molecule has 17 heteroatoms. The van der Waals surface area contributed by atoms with Crippen LogP contribution in [-0.2, 0) is 0 Å². The lowest BCUT2D eigenvalue weighted by Gasteiger charge is -2.11. The van der Waals surface area contributed by atoms with Gasteiger partial charge in [-0.15, -0.1) is 11.3 Å². The molecule has 5 N–H and O–H groups in total. The molecular weight excluding hydrogens is 580 g/mol. The molecule has 8 aromatic heterocycles. The number of hydrogen-bond donors (Lipinski definition) is 3. The van der Waals surface area contributed by atoms with Gasteiger partial charge in [0.2, 0.25) is 0 Å². The maximum absolute atomic E-state index is 6.20. The Labute approximate surface area is 252 Å². The van der Waals surface area contributed by atoms with E-state index in [9.17, 15) is 0 Å². The number of rotatable bonds is 6. The standard InChI is InChI=1S/C14H11N7S.C13H11N9/c15-12-11(10-4-1-9-22-10)13(20-7-2-5-16-20)19-14(18-12)21-8-3-6-17-21;14-11-10(9-7-15-16-8-9)12(21-5-1-3-17-21)20-13(19-11)22-6-2-4-18-22/h1-9H,(H2,15,18,19);1-8H,(H,15,16)(H2,14,19,20). The third-order valence-corrected chi connectivity index (χ3v) is 7.12. The first kappa shape index (κ1) is 26.4. The maximum atomic E-state index is 6.20. The highest BCUT2D eigenvalue weighted by Crippen LogP contribution is 2.34. The largest absolute Gasteiger partial charge is 0.383 e. The van der Waals surface area contributed by atoms with E-state index in [1.165, 1.54) is 0 Å². The number of nitrogens with one attached hydrogen (secondary N) is 1. The smallest absolute Gasteiger partial charge is 0.254 e. The predicted octanol–water partition coefficient (Wildman–Crippen LogP) is 2.98. The minimum atomic E-state index is 0.326. The topological polar surface area (TPSA) is 204 Å². The van der Waals surface area contributed by atoms with Crippen LogP contribution in [0.3, 0.4) is 0 Å². The van der Waals surface area contributed by atoms with Crippen LogP contribution < -0.4 is 11.5 Å². The Hall–Kier alpha value is -6.49. The zero-order chi connectivity index (χ0) is 29.9. The van der Waals surface area contributed by atoms with Gasteiger partial charge in [-0.1, -0.05) is 6.07 Å². The van der Waals surface area contributed by atoms with Crippen LogP contribution in [0.25, 0.3) is 45.1 Å². The van der Waals surface area contributed by atoms with Crippen LogP contribution >= 0.6 is 11.3 Å². The van der Waals surface area contributed by atoms with Crippen LogP contribution in [0.2, 0.25) is 0 Å². The summed E-state index contributed by atoms with van der Waals surface area (Å²) in [5.74, 6) is 2.70. The molecule has 0 saturated carbocycles. The molecule has 44 heavy (non-hydrogen) atoms. The van der Waals surface area contributed by atoms with Crippen LogP contribution in [-0.4, -0.2) is 69.3 Å². The monoisotopic (exact) mass is 602 g/mol. The lowest BCUT2D eigenvalue weighted by atomic mass is 10.1. The minimum Gasteiger partial charge on any atom is -0.383 e. The summed E-state index contributed by atoms with van der Waals surface area (Å²) >= 11 is 1.58. The van der Waals surface area contributed by atoms with E-state index >= 15 is 0 Å². The lowest BCUT2D eigenvalue weighted by molar-refractivity contribution is 0.778. The van der Waals surface area contributed by atoms with Crippen LogP contribution in [0, 0.1) is 0 Å². The highest BCUT2D eigenvalue weighted by molar-refractivity contribution is 7.13. The third-order valence-electron chi connectivity index (χ3n) is 6.23. The fourth-order valence-electron chi connectivity index (χ4n) is 4.33. The van der Waals surface area contributed by atoms with Gasteiger partial charge in [0.15, 0.2) is 11.6 Å². The first-order valence-corrected chi connectivity index (χ1v) is 13.9.